The lowest BCUT2D eigenvalue weighted by atomic mass is 10.1. The summed E-state index contributed by atoms with van der Waals surface area (Å²) in [4.78, 5) is 0. The van der Waals surface area contributed by atoms with Gasteiger partial charge in [0.25, 0.3) is 0 Å². The number of nitrogens with one attached hydrogen (secondary N) is 1. The molecule has 0 aliphatic carbocycles. The van der Waals surface area contributed by atoms with Gasteiger partial charge in [0.15, 0.2) is 16.6 Å². The fraction of sp³-hybridized carbons (Fsp3) is 0.111. The Bertz CT molecular complexity index is 418. The molecule has 1 aromatic carbocycles. The van der Waals surface area contributed by atoms with Crippen LogP contribution < -0.4 is 11.2 Å². The zero-order valence-corrected chi connectivity index (χ0v) is 8.88. The number of aromatic hydroxyl groups is 2. The van der Waals surface area contributed by atoms with Crippen LogP contribution in [0.3, 0.4) is 0 Å². The van der Waals surface area contributed by atoms with E-state index in [2.05, 4.69) is 22.7 Å². The Kier molecular flexibility index (Phi) is 3.46. The van der Waals surface area contributed by atoms with Crippen molar-refractivity contribution in [2.24, 2.45) is 10.8 Å². The number of nitrogens with two attached hydrogens (primary N) is 1. The highest BCUT2D eigenvalue weighted by molar-refractivity contribution is 7.80. The van der Waals surface area contributed by atoms with E-state index in [0.717, 1.165) is 0 Å². The number of hydrogen-bond acceptors (Lipinski definition) is 4. The average molecular weight is 225 g/mol. The molecule has 0 fully saturated rings. The van der Waals surface area contributed by atoms with E-state index in [1.807, 2.05) is 0 Å². The summed E-state index contributed by atoms with van der Waals surface area (Å²) < 4.78 is 0. The second-order valence-corrected chi connectivity index (χ2v) is 3.32. The van der Waals surface area contributed by atoms with Gasteiger partial charge >= 0.3 is 0 Å². The second kappa shape index (κ2) is 4.61. The second-order valence-electron chi connectivity index (χ2n) is 2.88. The van der Waals surface area contributed by atoms with Crippen LogP contribution in [0.1, 0.15) is 12.5 Å². The maximum Gasteiger partial charge on any atom is 0.184 e. The van der Waals surface area contributed by atoms with E-state index in [4.69, 9.17) is 10.8 Å². The first-order valence-corrected chi connectivity index (χ1v) is 4.53. The first-order valence-electron chi connectivity index (χ1n) is 4.13. The van der Waals surface area contributed by atoms with Crippen molar-refractivity contribution in [3.05, 3.63) is 23.8 Å². The smallest absolute Gasteiger partial charge is 0.184 e. The number of phenols is 2. The highest BCUT2D eigenvalue weighted by Crippen LogP contribution is 2.24. The zero-order chi connectivity index (χ0) is 11.4. The SMILES string of the molecule is C/C(=N/NC(N)=S)c1ccc(O)c(O)c1. The van der Waals surface area contributed by atoms with Crippen molar-refractivity contribution >= 4 is 23.0 Å². The molecule has 15 heavy (non-hydrogen) atoms. The van der Waals surface area contributed by atoms with Crippen molar-refractivity contribution in [1.82, 2.24) is 5.43 Å². The molecule has 0 bridgehead atoms. The molecule has 0 unspecified atom stereocenters. The van der Waals surface area contributed by atoms with Gasteiger partial charge in [-0.3, -0.25) is 5.43 Å². The van der Waals surface area contributed by atoms with Crippen LogP contribution in [0.25, 0.3) is 0 Å². The molecule has 0 heterocycles. The van der Waals surface area contributed by atoms with Crippen LogP contribution in [-0.4, -0.2) is 21.0 Å². The van der Waals surface area contributed by atoms with Gasteiger partial charge < -0.3 is 15.9 Å². The minimum atomic E-state index is -0.197. The molecular formula is C9H11N3O2S. The number of thiocarbonyl (C=S) groups is 1. The molecule has 0 spiro atoms. The lowest BCUT2D eigenvalue weighted by molar-refractivity contribution is 0.403. The Balaban J connectivity index is 2.91. The van der Waals surface area contributed by atoms with Gasteiger partial charge in [0.2, 0.25) is 0 Å². The average Bonchev–Trinajstić information content (AvgIpc) is 2.18. The number of rotatable bonds is 2. The molecule has 5 N–H and O–H groups in total. The van der Waals surface area contributed by atoms with E-state index in [1.165, 1.54) is 12.1 Å². The van der Waals surface area contributed by atoms with Crippen LogP contribution in [0.4, 0.5) is 0 Å². The molecule has 5 nitrogen and oxygen atoms in total. The number of hydrogen-bond donors (Lipinski definition) is 4. The predicted octanol–water partition coefficient (Wildman–Crippen LogP) is 0.655. The van der Waals surface area contributed by atoms with Crippen LogP contribution in [0.2, 0.25) is 0 Å². The first kappa shape index (κ1) is 11.3. The normalized spacial score (nSPS) is 11.1. The van der Waals surface area contributed by atoms with E-state index in [9.17, 15) is 5.11 Å². The van der Waals surface area contributed by atoms with Crippen molar-refractivity contribution in [3.8, 4) is 11.5 Å². The molecule has 0 atom stereocenters. The van der Waals surface area contributed by atoms with Crippen molar-refractivity contribution < 1.29 is 10.2 Å². The fourth-order valence-corrected chi connectivity index (χ4v) is 0.998. The molecule has 0 saturated carbocycles. The summed E-state index contributed by atoms with van der Waals surface area (Å²) in [6.07, 6.45) is 0. The third kappa shape index (κ3) is 3.10. The van der Waals surface area contributed by atoms with Crippen molar-refractivity contribution in [1.29, 1.82) is 0 Å². The molecule has 0 radical (unpaired) electrons. The molecular weight excluding hydrogens is 214 g/mol. The third-order valence-corrected chi connectivity index (χ3v) is 1.82. The summed E-state index contributed by atoms with van der Waals surface area (Å²) in [7, 11) is 0. The van der Waals surface area contributed by atoms with Crippen molar-refractivity contribution in [3.63, 3.8) is 0 Å². The maximum atomic E-state index is 9.25. The largest absolute Gasteiger partial charge is 0.504 e. The number of benzene rings is 1. The molecule has 1 aromatic rings. The molecule has 0 aliphatic rings. The van der Waals surface area contributed by atoms with Crippen molar-refractivity contribution in [2.75, 3.05) is 0 Å². The Labute approximate surface area is 92.2 Å². The maximum absolute atomic E-state index is 9.25. The molecule has 0 aliphatic heterocycles. The van der Waals surface area contributed by atoms with Gasteiger partial charge in [-0.15, -0.1) is 0 Å². The standard InChI is InChI=1S/C9H11N3O2S/c1-5(11-12-9(10)15)6-2-3-7(13)8(14)4-6/h2-4,13-14H,1H3,(H3,10,12,15)/b11-5-. The summed E-state index contributed by atoms with van der Waals surface area (Å²) in [5, 5.41) is 22.3. The van der Waals surface area contributed by atoms with E-state index >= 15 is 0 Å². The highest BCUT2D eigenvalue weighted by atomic mass is 32.1. The van der Waals surface area contributed by atoms with Gasteiger partial charge in [0, 0.05) is 5.56 Å². The summed E-state index contributed by atoms with van der Waals surface area (Å²) in [5.74, 6) is -0.369. The topological polar surface area (TPSA) is 90.9 Å². The van der Waals surface area contributed by atoms with Crippen LogP contribution in [0.5, 0.6) is 11.5 Å². The Morgan fingerprint density at radius 3 is 2.60 bits per heavy atom. The third-order valence-electron chi connectivity index (χ3n) is 1.73. The first-order chi connectivity index (χ1) is 7.00. The van der Waals surface area contributed by atoms with Gasteiger partial charge in [0.05, 0.1) is 5.71 Å². The number of hydrazone groups is 1. The lowest BCUT2D eigenvalue weighted by Crippen LogP contribution is -2.25. The minimum absolute atomic E-state index is 0.0670. The van der Waals surface area contributed by atoms with Gasteiger partial charge in [-0.1, -0.05) is 0 Å². The Morgan fingerprint density at radius 1 is 1.40 bits per heavy atom. The van der Waals surface area contributed by atoms with Crippen LogP contribution in [-0.2, 0) is 0 Å². The minimum Gasteiger partial charge on any atom is -0.504 e. The fourth-order valence-electron chi connectivity index (χ4n) is 0.952. The molecule has 0 amide bonds. The number of phenolic OH excluding ortho intramolecular Hbond substituents is 2. The monoisotopic (exact) mass is 225 g/mol. The highest BCUT2D eigenvalue weighted by Gasteiger charge is 2.02. The Hall–Kier alpha value is -1.82. The van der Waals surface area contributed by atoms with Gasteiger partial charge in [-0.2, -0.15) is 5.10 Å². The van der Waals surface area contributed by atoms with Crippen LogP contribution in [0.15, 0.2) is 23.3 Å². The van der Waals surface area contributed by atoms with Crippen molar-refractivity contribution in [2.45, 2.75) is 6.92 Å². The van der Waals surface area contributed by atoms with Crippen LogP contribution >= 0.6 is 12.2 Å². The summed E-state index contributed by atoms with van der Waals surface area (Å²) in [5.41, 5.74) is 8.88. The molecule has 6 heteroatoms. The lowest BCUT2D eigenvalue weighted by Gasteiger charge is -2.03. The van der Waals surface area contributed by atoms with Gasteiger partial charge in [-0.05, 0) is 37.3 Å². The molecule has 1 rings (SSSR count). The molecule has 0 aromatic heterocycles. The van der Waals surface area contributed by atoms with E-state index in [1.54, 1.807) is 13.0 Å². The number of nitrogens with zero attached hydrogens (tertiary/aromatic N) is 1. The van der Waals surface area contributed by atoms with E-state index in [0.29, 0.717) is 11.3 Å². The predicted molar refractivity (Wildman–Crippen MR) is 61.9 cm³/mol. The van der Waals surface area contributed by atoms with Gasteiger partial charge in [-0.25, -0.2) is 0 Å². The summed E-state index contributed by atoms with van der Waals surface area (Å²) >= 11 is 4.58. The molecule has 0 saturated heterocycles. The van der Waals surface area contributed by atoms with Crippen LogP contribution in [0, 0.1) is 0 Å². The Morgan fingerprint density at radius 2 is 2.07 bits per heavy atom. The summed E-state index contributed by atoms with van der Waals surface area (Å²) in [6.45, 7) is 1.72. The van der Waals surface area contributed by atoms with E-state index < -0.39 is 0 Å². The quantitative estimate of drug-likeness (QED) is 0.257. The zero-order valence-electron chi connectivity index (χ0n) is 8.06. The van der Waals surface area contributed by atoms with Gasteiger partial charge in [0.1, 0.15) is 0 Å². The van der Waals surface area contributed by atoms with E-state index in [-0.39, 0.29) is 16.6 Å². The summed E-state index contributed by atoms with van der Waals surface area (Å²) in [6, 6.07) is 4.40. The molecule has 80 valence electrons.